The minimum absolute atomic E-state index is 0. The Hall–Kier alpha value is -0.850. The Bertz CT molecular complexity index is 524. The van der Waals surface area contributed by atoms with Gasteiger partial charge in [0, 0.05) is 19.6 Å². The molecule has 2 fully saturated rings. The second-order valence-electron chi connectivity index (χ2n) is 6.32. The molecule has 1 amide bonds. The molecule has 0 saturated carbocycles. The molecule has 0 spiro atoms. The number of carbonyl (C=O) groups excluding carboxylic acids is 1. The monoisotopic (exact) mass is 375 g/mol. The standard InChI is InChI=1S/C17H25N3O2.2ClH/c21-15-9-16(18-11-15)17(22)19-10-13-5-1-2-6-14(13)12-20-7-3-4-8-20;;/h1-2,5-6,15-16,18,21H,3-4,7-12H2,(H,19,22);2*1H. The largest absolute Gasteiger partial charge is 0.392 e. The van der Waals surface area contributed by atoms with Gasteiger partial charge < -0.3 is 15.7 Å². The lowest BCUT2D eigenvalue weighted by atomic mass is 10.1. The highest BCUT2D eigenvalue weighted by molar-refractivity contribution is 5.85. The van der Waals surface area contributed by atoms with Gasteiger partial charge in [-0.15, -0.1) is 24.8 Å². The molecule has 2 aliphatic heterocycles. The molecule has 2 atom stereocenters. The fourth-order valence-corrected chi connectivity index (χ4v) is 3.29. The third-order valence-corrected chi connectivity index (χ3v) is 4.59. The number of hydrogen-bond acceptors (Lipinski definition) is 4. The quantitative estimate of drug-likeness (QED) is 0.728. The van der Waals surface area contributed by atoms with Crippen molar-refractivity contribution in [2.75, 3.05) is 19.6 Å². The van der Waals surface area contributed by atoms with Crippen molar-refractivity contribution in [2.24, 2.45) is 0 Å². The van der Waals surface area contributed by atoms with Gasteiger partial charge in [0.25, 0.3) is 0 Å². The van der Waals surface area contributed by atoms with E-state index >= 15 is 0 Å². The molecule has 136 valence electrons. The average molecular weight is 376 g/mol. The minimum atomic E-state index is -0.404. The van der Waals surface area contributed by atoms with Crippen LogP contribution in [0.15, 0.2) is 24.3 Å². The van der Waals surface area contributed by atoms with Crippen molar-refractivity contribution in [3.8, 4) is 0 Å². The third-order valence-electron chi connectivity index (χ3n) is 4.59. The fraction of sp³-hybridized carbons (Fsp3) is 0.588. The van der Waals surface area contributed by atoms with Gasteiger partial charge in [-0.2, -0.15) is 0 Å². The van der Waals surface area contributed by atoms with Crippen LogP contribution in [0, 0.1) is 0 Å². The van der Waals surface area contributed by atoms with Crippen molar-refractivity contribution >= 4 is 30.7 Å². The first-order chi connectivity index (χ1) is 10.7. The summed E-state index contributed by atoms with van der Waals surface area (Å²) >= 11 is 0. The average Bonchev–Trinajstić information content (AvgIpc) is 3.18. The molecule has 2 aliphatic rings. The molecule has 2 saturated heterocycles. The Labute approximate surface area is 156 Å². The molecule has 5 nitrogen and oxygen atoms in total. The smallest absolute Gasteiger partial charge is 0.237 e. The molecular formula is C17H27Cl2N3O2. The topological polar surface area (TPSA) is 64.6 Å². The maximum Gasteiger partial charge on any atom is 0.237 e. The highest BCUT2D eigenvalue weighted by Crippen LogP contribution is 2.16. The van der Waals surface area contributed by atoms with Crippen LogP contribution in [0.1, 0.15) is 30.4 Å². The summed E-state index contributed by atoms with van der Waals surface area (Å²) in [7, 11) is 0. The first-order valence-electron chi connectivity index (χ1n) is 8.20. The summed E-state index contributed by atoms with van der Waals surface area (Å²) in [5.41, 5.74) is 2.48. The number of halogens is 2. The van der Waals surface area contributed by atoms with E-state index in [9.17, 15) is 9.90 Å². The molecule has 7 heteroatoms. The fourth-order valence-electron chi connectivity index (χ4n) is 3.29. The molecule has 2 heterocycles. The van der Waals surface area contributed by atoms with E-state index in [0.717, 1.165) is 6.54 Å². The van der Waals surface area contributed by atoms with Gasteiger partial charge in [0.15, 0.2) is 0 Å². The summed E-state index contributed by atoms with van der Waals surface area (Å²) in [6.07, 6.45) is 2.67. The Morgan fingerprint density at radius 2 is 1.88 bits per heavy atom. The predicted molar refractivity (Wildman–Crippen MR) is 99.7 cm³/mol. The maximum absolute atomic E-state index is 12.1. The van der Waals surface area contributed by atoms with Crippen molar-refractivity contribution in [1.29, 1.82) is 0 Å². The SMILES string of the molecule is Cl.Cl.O=C(NCc1ccccc1CN1CCCC1)C1CC(O)CN1. The zero-order chi connectivity index (χ0) is 15.4. The van der Waals surface area contributed by atoms with E-state index in [1.54, 1.807) is 0 Å². The van der Waals surface area contributed by atoms with E-state index in [2.05, 4.69) is 33.7 Å². The summed E-state index contributed by atoms with van der Waals surface area (Å²) in [5.74, 6) is -0.0208. The van der Waals surface area contributed by atoms with Crippen molar-refractivity contribution < 1.29 is 9.90 Å². The molecule has 0 aromatic heterocycles. The molecule has 0 aliphatic carbocycles. The van der Waals surface area contributed by atoms with Crippen molar-refractivity contribution in [2.45, 2.75) is 44.5 Å². The lowest BCUT2D eigenvalue weighted by molar-refractivity contribution is -0.123. The number of hydrogen-bond donors (Lipinski definition) is 3. The highest BCUT2D eigenvalue weighted by atomic mass is 35.5. The van der Waals surface area contributed by atoms with Crippen LogP contribution < -0.4 is 10.6 Å². The maximum atomic E-state index is 12.1. The molecule has 1 aromatic carbocycles. The van der Waals surface area contributed by atoms with E-state index in [1.165, 1.54) is 37.1 Å². The van der Waals surface area contributed by atoms with Gasteiger partial charge in [0.05, 0.1) is 12.1 Å². The zero-order valence-electron chi connectivity index (χ0n) is 13.7. The van der Waals surface area contributed by atoms with E-state index in [-0.39, 0.29) is 36.8 Å². The molecule has 1 aromatic rings. The van der Waals surface area contributed by atoms with Gasteiger partial charge in [-0.1, -0.05) is 24.3 Å². The summed E-state index contributed by atoms with van der Waals surface area (Å²) in [5, 5.41) is 15.5. The first-order valence-corrected chi connectivity index (χ1v) is 8.20. The van der Waals surface area contributed by atoms with Crippen LogP contribution >= 0.6 is 24.8 Å². The van der Waals surface area contributed by atoms with Crippen molar-refractivity contribution in [3.63, 3.8) is 0 Å². The van der Waals surface area contributed by atoms with E-state index in [1.807, 2.05) is 6.07 Å². The third kappa shape index (κ3) is 5.60. The van der Waals surface area contributed by atoms with Crippen molar-refractivity contribution in [3.05, 3.63) is 35.4 Å². The number of amides is 1. The summed E-state index contributed by atoms with van der Waals surface area (Å²) < 4.78 is 0. The van der Waals surface area contributed by atoms with E-state index < -0.39 is 6.10 Å². The Morgan fingerprint density at radius 1 is 1.21 bits per heavy atom. The molecule has 3 rings (SSSR count). The predicted octanol–water partition coefficient (Wildman–Crippen LogP) is 1.46. The second-order valence-corrected chi connectivity index (χ2v) is 6.32. The van der Waals surface area contributed by atoms with Crippen LogP contribution in [0.2, 0.25) is 0 Å². The molecular weight excluding hydrogens is 349 g/mol. The van der Waals surface area contributed by atoms with Crippen molar-refractivity contribution in [1.82, 2.24) is 15.5 Å². The number of likely N-dealkylation sites (tertiary alicyclic amines) is 1. The van der Waals surface area contributed by atoms with Crippen LogP contribution in [0.25, 0.3) is 0 Å². The number of β-amino-alcohol motifs (C(OH)–C–C–N with tert-alkyl or cyclic N) is 1. The molecule has 2 unspecified atom stereocenters. The molecule has 3 N–H and O–H groups in total. The van der Waals surface area contributed by atoms with Crippen LogP contribution in [-0.4, -0.2) is 47.7 Å². The summed E-state index contributed by atoms with van der Waals surface area (Å²) in [6.45, 7) is 4.36. The number of rotatable bonds is 5. The Kier molecular flexibility index (Phi) is 9.02. The number of nitrogens with zero attached hydrogens (tertiary/aromatic N) is 1. The van der Waals surface area contributed by atoms with Crippen LogP contribution in [0.3, 0.4) is 0 Å². The Balaban J connectivity index is 0.00000144. The molecule has 24 heavy (non-hydrogen) atoms. The number of nitrogens with one attached hydrogen (secondary N) is 2. The number of aliphatic hydroxyl groups is 1. The normalized spacial score (nSPS) is 23.4. The summed E-state index contributed by atoms with van der Waals surface area (Å²) in [6, 6.07) is 8.05. The highest BCUT2D eigenvalue weighted by Gasteiger charge is 2.27. The lowest BCUT2D eigenvalue weighted by Crippen LogP contribution is -2.40. The van der Waals surface area contributed by atoms with E-state index in [0.29, 0.717) is 19.5 Å². The number of benzene rings is 1. The van der Waals surface area contributed by atoms with Crippen LogP contribution in [0.5, 0.6) is 0 Å². The van der Waals surface area contributed by atoms with Crippen LogP contribution in [-0.2, 0) is 17.9 Å². The van der Waals surface area contributed by atoms with Gasteiger partial charge in [-0.05, 0) is 43.5 Å². The first kappa shape index (κ1) is 21.2. The van der Waals surface area contributed by atoms with Gasteiger partial charge in [-0.25, -0.2) is 0 Å². The number of carbonyl (C=O) groups is 1. The lowest BCUT2D eigenvalue weighted by Gasteiger charge is -2.18. The van der Waals surface area contributed by atoms with Gasteiger partial charge in [0.1, 0.15) is 0 Å². The second kappa shape index (κ2) is 10.2. The van der Waals surface area contributed by atoms with Gasteiger partial charge in [0.2, 0.25) is 5.91 Å². The minimum Gasteiger partial charge on any atom is -0.392 e. The molecule has 0 bridgehead atoms. The Morgan fingerprint density at radius 3 is 2.50 bits per heavy atom. The number of aliphatic hydroxyl groups excluding tert-OH is 1. The van der Waals surface area contributed by atoms with Gasteiger partial charge >= 0.3 is 0 Å². The van der Waals surface area contributed by atoms with E-state index in [4.69, 9.17) is 0 Å². The molecule has 0 radical (unpaired) electrons. The summed E-state index contributed by atoms with van der Waals surface area (Å²) in [4.78, 5) is 14.6. The zero-order valence-corrected chi connectivity index (χ0v) is 15.4. The van der Waals surface area contributed by atoms with Crippen LogP contribution in [0.4, 0.5) is 0 Å². The van der Waals surface area contributed by atoms with Gasteiger partial charge in [-0.3, -0.25) is 9.69 Å².